The van der Waals surface area contributed by atoms with Crippen molar-refractivity contribution in [3.8, 4) is 0 Å². The number of halogens is 5. The molecular formula is C18H18F5N. The molecule has 2 aromatic rings. The van der Waals surface area contributed by atoms with Crippen molar-refractivity contribution < 1.29 is 22.0 Å². The molecule has 0 atom stereocenters. The number of benzene rings is 2. The summed E-state index contributed by atoms with van der Waals surface area (Å²) in [4.78, 5) is 0. The maximum Gasteiger partial charge on any atom is 0.458 e. The number of aryl methyl sites for hydroxylation is 1. The van der Waals surface area contributed by atoms with Crippen molar-refractivity contribution >= 4 is 0 Å². The Hall–Kier alpha value is -1.95. The van der Waals surface area contributed by atoms with Gasteiger partial charge in [-0.25, -0.2) is 0 Å². The van der Waals surface area contributed by atoms with Crippen LogP contribution in [0.15, 0.2) is 48.5 Å². The predicted molar refractivity (Wildman–Crippen MR) is 83.0 cm³/mol. The van der Waals surface area contributed by atoms with Crippen molar-refractivity contribution in [3.05, 3.63) is 70.8 Å². The van der Waals surface area contributed by atoms with Gasteiger partial charge in [-0.3, -0.25) is 0 Å². The second kappa shape index (κ2) is 7.30. The van der Waals surface area contributed by atoms with Crippen LogP contribution < -0.4 is 5.32 Å². The second-order valence-corrected chi connectivity index (χ2v) is 5.68. The summed E-state index contributed by atoms with van der Waals surface area (Å²) in [6.45, 7) is 3.10. The van der Waals surface area contributed by atoms with Crippen LogP contribution in [0.1, 0.15) is 22.3 Å². The number of nitrogens with one attached hydrogen (secondary N) is 1. The molecule has 130 valence electrons. The van der Waals surface area contributed by atoms with Crippen molar-refractivity contribution in [1.82, 2.24) is 5.32 Å². The monoisotopic (exact) mass is 343 g/mol. The standard InChI is InChI=1S/C18H18F5N/c1-13-2-4-14(5-3-13)10-11-24-12-15-6-8-16(9-7-15)17(19,20)18(21,22)23/h2-9,24H,10-12H2,1H3. The summed E-state index contributed by atoms with van der Waals surface area (Å²) in [5.41, 5.74) is 1.97. The second-order valence-electron chi connectivity index (χ2n) is 5.68. The van der Waals surface area contributed by atoms with Crippen LogP contribution in [0.2, 0.25) is 0 Å². The van der Waals surface area contributed by atoms with Gasteiger partial charge in [-0.2, -0.15) is 22.0 Å². The Balaban J connectivity index is 1.85. The fourth-order valence-corrected chi connectivity index (χ4v) is 2.22. The molecule has 0 aromatic heterocycles. The highest BCUT2D eigenvalue weighted by Gasteiger charge is 2.58. The highest BCUT2D eigenvalue weighted by atomic mass is 19.4. The molecule has 0 bridgehead atoms. The van der Waals surface area contributed by atoms with Crippen molar-refractivity contribution in [2.75, 3.05) is 6.54 Å². The van der Waals surface area contributed by atoms with E-state index in [0.717, 1.165) is 18.6 Å². The van der Waals surface area contributed by atoms with Crippen LogP contribution in [0, 0.1) is 6.92 Å². The molecule has 6 heteroatoms. The third-order valence-corrected chi connectivity index (χ3v) is 3.71. The Kier molecular flexibility index (Phi) is 5.59. The van der Waals surface area contributed by atoms with Crippen molar-refractivity contribution in [1.29, 1.82) is 0 Å². The van der Waals surface area contributed by atoms with E-state index in [9.17, 15) is 22.0 Å². The lowest BCUT2D eigenvalue weighted by atomic mass is 10.1. The van der Waals surface area contributed by atoms with E-state index in [0.29, 0.717) is 18.7 Å². The first-order valence-electron chi connectivity index (χ1n) is 7.50. The third kappa shape index (κ3) is 4.54. The van der Waals surface area contributed by atoms with Crippen LogP contribution in [0.4, 0.5) is 22.0 Å². The topological polar surface area (TPSA) is 12.0 Å². The number of rotatable bonds is 6. The maximum absolute atomic E-state index is 13.2. The highest BCUT2D eigenvalue weighted by Crippen LogP contribution is 2.43. The summed E-state index contributed by atoms with van der Waals surface area (Å²) in [5, 5.41) is 3.14. The first-order chi connectivity index (χ1) is 11.2. The van der Waals surface area contributed by atoms with Crippen LogP contribution >= 0.6 is 0 Å². The number of hydrogen-bond donors (Lipinski definition) is 1. The van der Waals surface area contributed by atoms with E-state index in [1.807, 2.05) is 31.2 Å². The summed E-state index contributed by atoms with van der Waals surface area (Å²) in [6.07, 6.45) is -4.77. The molecule has 24 heavy (non-hydrogen) atoms. The van der Waals surface area contributed by atoms with Gasteiger partial charge in [-0.1, -0.05) is 54.1 Å². The lowest BCUT2D eigenvalue weighted by Gasteiger charge is -2.20. The number of alkyl halides is 5. The summed E-state index contributed by atoms with van der Waals surface area (Å²) < 4.78 is 63.2. The smallest absolute Gasteiger partial charge is 0.312 e. The van der Waals surface area contributed by atoms with Crippen molar-refractivity contribution in [2.24, 2.45) is 0 Å². The van der Waals surface area contributed by atoms with Gasteiger partial charge in [-0.05, 0) is 31.0 Å². The molecule has 0 radical (unpaired) electrons. The summed E-state index contributed by atoms with van der Waals surface area (Å²) in [5.74, 6) is -4.83. The first kappa shape index (κ1) is 18.4. The minimum atomic E-state index is -5.58. The average molecular weight is 343 g/mol. The molecule has 0 saturated heterocycles. The van der Waals surface area contributed by atoms with Crippen LogP contribution in [0.3, 0.4) is 0 Å². The SMILES string of the molecule is Cc1ccc(CCNCc2ccc(C(F)(F)C(F)(F)F)cc2)cc1. The zero-order valence-electron chi connectivity index (χ0n) is 13.1. The highest BCUT2D eigenvalue weighted by molar-refractivity contribution is 5.27. The molecule has 2 rings (SSSR count). The molecule has 0 amide bonds. The van der Waals surface area contributed by atoms with E-state index in [1.165, 1.54) is 23.3 Å². The first-order valence-corrected chi connectivity index (χ1v) is 7.50. The van der Waals surface area contributed by atoms with Crippen LogP contribution in [-0.4, -0.2) is 12.7 Å². The Bertz CT molecular complexity index is 645. The van der Waals surface area contributed by atoms with Gasteiger partial charge in [0.05, 0.1) is 0 Å². The van der Waals surface area contributed by atoms with Crippen LogP contribution in [0.5, 0.6) is 0 Å². The van der Waals surface area contributed by atoms with E-state index in [1.54, 1.807) is 0 Å². The van der Waals surface area contributed by atoms with Gasteiger partial charge in [0.25, 0.3) is 0 Å². The average Bonchev–Trinajstić information content (AvgIpc) is 2.52. The Morgan fingerprint density at radius 2 is 1.33 bits per heavy atom. The van der Waals surface area contributed by atoms with E-state index in [-0.39, 0.29) is 0 Å². The minimum Gasteiger partial charge on any atom is -0.312 e. The summed E-state index contributed by atoms with van der Waals surface area (Å²) in [7, 11) is 0. The van der Waals surface area contributed by atoms with E-state index in [4.69, 9.17) is 0 Å². The molecule has 0 heterocycles. The normalized spacial score (nSPS) is 12.4. The lowest BCUT2D eigenvalue weighted by molar-refractivity contribution is -0.289. The Labute approximate surface area is 137 Å². The molecule has 1 N–H and O–H groups in total. The molecular weight excluding hydrogens is 325 g/mol. The fourth-order valence-electron chi connectivity index (χ4n) is 2.22. The van der Waals surface area contributed by atoms with Crippen LogP contribution in [-0.2, 0) is 18.9 Å². The van der Waals surface area contributed by atoms with Gasteiger partial charge in [0.15, 0.2) is 0 Å². The third-order valence-electron chi connectivity index (χ3n) is 3.71. The zero-order chi connectivity index (χ0) is 17.8. The molecule has 0 aliphatic rings. The van der Waals surface area contributed by atoms with Crippen molar-refractivity contribution in [3.63, 3.8) is 0 Å². The van der Waals surface area contributed by atoms with Gasteiger partial charge in [-0.15, -0.1) is 0 Å². The fraction of sp³-hybridized carbons (Fsp3) is 0.333. The molecule has 0 unspecified atom stereocenters. The molecule has 1 nitrogen and oxygen atoms in total. The van der Waals surface area contributed by atoms with Gasteiger partial charge in [0.2, 0.25) is 0 Å². The molecule has 2 aromatic carbocycles. The van der Waals surface area contributed by atoms with Gasteiger partial charge in [0.1, 0.15) is 0 Å². The number of hydrogen-bond acceptors (Lipinski definition) is 1. The largest absolute Gasteiger partial charge is 0.458 e. The quantitative estimate of drug-likeness (QED) is 0.576. The summed E-state index contributed by atoms with van der Waals surface area (Å²) in [6, 6.07) is 12.3. The molecule has 0 spiro atoms. The zero-order valence-corrected chi connectivity index (χ0v) is 13.1. The van der Waals surface area contributed by atoms with E-state index < -0.39 is 17.7 Å². The van der Waals surface area contributed by atoms with Gasteiger partial charge >= 0.3 is 12.1 Å². The minimum absolute atomic E-state index is 0.406. The Morgan fingerprint density at radius 1 is 0.792 bits per heavy atom. The Morgan fingerprint density at radius 3 is 1.88 bits per heavy atom. The predicted octanol–water partition coefficient (Wildman–Crippen LogP) is 4.98. The van der Waals surface area contributed by atoms with Gasteiger partial charge < -0.3 is 5.32 Å². The van der Waals surface area contributed by atoms with E-state index >= 15 is 0 Å². The maximum atomic E-state index is 13.2. The molecule has 0 fully saturated rings. The van der Waals surface area contributed by atoms with Crippen LogP contribution in [0.25, 0.3) is 0 Å². The summed E-state index contributed by atoms with van der Waals surface area (Å²) >= 11 is 0. The molecule has 0 aliphatic heterocycles. The lowest BCUT2D eigenvalue weighted by Crippen LogP contribution is -2.33. The molecule has 0 saturated carbocycles. The van der Waals surface area contributed by atoms with E-state index in [2.05, 4.69) is 5.32 Å². The van der Waals surface area contributed by atoms with Crippen molar-refractivity contribution in [2.45, 2.75) is 32.0 Å². The molecule has 0 aliphatic carbocycles. The van der Waals surface area contributed by atoms with Gasteiger partial charge in [0, 0.05) is 12.1 Å².